The third kappa shape index (κ3) is 4.64. The minimum Gasteiger partial charge on any atom is -0.467 e. The third-order valence-corrected chi connectivity index (χ3v) is 2.65. The molecule has 0 saturated heterocycles. The lowest BCUT2D eigenvalue weighted by atomic mass is 10.2. The number of ether oxygens (including phenoxy) is 1. The van der Waals surface area contributed by atoms with Crippen LogP contribution in [0.4, 0.5) is 4.39 Å². The summed E-state index contributed by atoms with van der Waals surface area (Å²) in [4.78, 5) is 22.7. The number of benzene rings is 1. The van der Waals surface area contributed by atoms with E-state index >= 15 is 0 Å². The summed E-state index contributed by atoms with van der Waals surface area (Å²) in [5, 5.41) is 11.1. The van der Waals surface area contributed by atoms with Gasteiger partial charge < -0.3 is 15.2 Å². The topological polar surface area (TPSA) is 75.6 Å². The Hall–Kier alpha value is -1.92. The number of esters is 1. The van der Waals surface area contributed by atoms with Gasteiger partial charge >= 0.3 is 5.97 Å². The highest BCUT2D eigenvalue weighted by Crippen LogP contribution is 2.16. The van der Waals surface area contributed by atoms with Gasteiger partial charge in [-0.3, -0.25) is 4.79 Å². The zero-order valence-electron chi connectivity index (χ0n) is 10.6. The standard InChI is InChI=1S/C13H13ClFNO4/c1-20-13(19)11(7-17)16-12(18)5-3-8-2-4-10(15)9(14)6-8/h2-6,11,17H,7H2,1H3,(H,16,18)/b5-3+. The first-order valence-corrected chi connectivity index (χ1v) is 5.98. The van der Waals surface area contributed by atoms with Crippen LogP contribution in [0, 0.1) is 5.82 Å². The summed E-state index contributed by atoms with van der Waals surface area (Å²) >= 11 is 5.59. The molecule has 0 aromatic heterocycles. The molecule has 0 aliphatic rings. The number of aliphatic hydroxyl groups excluding tert-OH is 1. The molecule has 1 atom stereocenters. The van der Waals surface area contributed by atoms with Crippen LogP contribution in [0.2, 0.25) is 5.02 Å². The van der Waals surface area contributed by atoms with E-state index in [0.717, 1.165) is 13.2 Å². The van der Waals surface area contributed by atoms with Gasteiger partial charge in [0.05, 0.1) is 18.7 Å². The van der Waals surface area contributed by atoms with Crippen molar-refractivity contribution in [2.45, 2.75) is 6.04 Å². The monoisotopic (exact) mass is 301 g/mol. The molecule has 0 aliphatic carbocycles. The molecule has 1 aromatic rings. The van der Waals surface area contributed by atoms with E-state index in [-0.39, 0.29) is 5.02 Å². The number of rotatable bonds is 5. The number of amides is 1. The van der Waals surface area contributed by atoms with Crippen LogP contribution in [0.3, 0.4) is 0 Å². The molecule has 5 nitrogen and oxygen atoms in total. The van der Waals surface area contributed by atoms with Crippen LogP contribution in [0.1, 0.15) is 5.56 Å². The molecule has 2 N–H and O–H groups in total. The second-order valence-electron chi connectivity index (χ2n) is 3.77. The maximum absolute atomic E-state index is 12.9. The lowest BCUT2D eigenvalue weighted by molar-refractivity contribution is -0.145. The lowest BCUT2D eigenvalue weighted by Crippen LogP contribution is -2.43. The van der Waals surface area contributed by atoms with Gasteiger partial charge in [-0.05, 0) is 23.8 Å². The second-order valence-corrected chi connectivity index (χ2v) is 4.18. The molecule has 1 aromatic carbocycles. The number of halogens is 2. The van der Waals surface area contributed by atoms with Crippen molar-refractivity contribution in [3.05, 3.63) is 40.7 Å². The van der Waals surface area contributed by atoms with Crippen molar-refractivity contribution in [1.29, 1.82) is 0 Å². The molecule has 1 unspecified atom stereocenters. The molecule has 0 fully saturated rings. The molecule has 0 heterocycles. The quantitative estimate of drug-likeness (QED) is 0.632. The molecule has 7 heteroatoms. The first kappa shape index (κ1) is 16.1. The van der Waals surface area contributed by atoms with Gasteiger partial charge in [-0.1, -0.05) is 17.7 Å². The number of nitrogens with one attached hydrogen (secondary N) is 1. The van der Waals surface area contributed by atoms with E-state index in [0.29, 0.717) is 5.56 Å². The number of methoxy groups -OCH3 is 1. The van der Waals surface area contributed by atoms with Gasteiger partial charge in [-0.2, -0.15) is 0 Å². The first-order chi connectivity index (χ1) is 9.47. The van der Waals surface area contributed by atoms with E-state index in [1.807, 2.05) is 0 Å². The molecule has 108 valence electrons. The largest absolute Gasteiger partial charge is 0.467 e. The normalized spacial score (nSPS) is 12.2. The van der Waals surface area contributed by atoms with Crippen LogP contribution in [0.25, 0.3) is 6.08 Å². The van der Waals surface area contributed by atoms with Crippen molar-refractivity contribution in [3.63, 3.8) is 0 Å². The molecule has 0 bridgehead atoms. The maximum atomic E-state index is 12.9. The Labute approximate surface area is 120 Å². The number of carbonyl (C=O) groups is 2. The van der Waals surface area contributed by atoms with Gasteiger partial charge in [-0.25, -0.2) is 9.18 Å². The number of carbonyl (C=O) groups excluding carboxylic acids is 2. The minimum atomic E-state index is -1.13. The van der Waals surface area contributed by atoms with E-state index in [4.69, 9.17) is 16.7 Å². The molecule has 0 spiro atoms. The van der Waals surface area contributed by atoms with Gasteiger partial charge in [0, 0.05) is 6.08 Å². The van der Waals surface area contributed by atoms with Crippen molar-refractivity contribution in [2.24, 2.45) is 0 Å². The van der Waals surface area contributed by atoms with Crippen LogP contribution in [-0.2, 0) is 14.3 Å². The highest BCUT2D eigenvalue weighted by Gasteiger charge is 2.18. The van der Waals surface area contributed by atoms with E-state index in [9.17, 15) is 14.0 Å². The summed E-state index contributed by atoms with van der Waals surface area (Å²) in [7, 11) is 1.15. The first-order valence-electron chi connectivity index (χ1n) is 5.60. The smallest absolute Gasteiger partial charge is 0.330 e. The second kappa shape index (κ2) is 7.62. The van der Waals surface area contributed by atoms with Crippen molar-refractivity contribution in [1.82, 2.24) is 5.32 Å². The van der Waals surface area contributed by atoms with Crippen molar-refractivity contribution >= 4 is 29.6 Å². The van der Waals surface area contributed by atoms with Crippen LogP contribution in [0.15, 0.2) is 24.3 Å². The highest BCUT2D eigenvalue weighted by molar-refractivity contribution is 6.30. The van der Waals surface area contributed by atoms with E-state index in [2.05, 4.69) is 10.1 Å². The molecule has 0 aliphatic heterocycles. The van der Waals surface area contributed by atoms with Crippen LogP contribution >= 0.6 is 11.6 Å². The fraction of sp³-hybridized carbons (Fsp3) is 0.231. The van der Waals surface area contributed by atoms with Crippen molar-refractivity contribution < 1.29 is 23.8 Å². The maximum Gasteiger partial charge on any atom is 0.330 e. The SMILES string of the molecule is COC(=O)C(CO)NC(=O)/C=C/c1ccc(F)c(Cl)c1. The molecular weight excluding hydrogens is 289 g/mol. The fourth-order valence-electron chi connectivity index (χ4n) is 1.33. The Balaban J connectivity index is 2.67. The predicted molar refractivity (Wildman–Crippen MR) is 71.5 cm³/mol. The Morgan fingerprint density at radius 1 is 1.55 bits per heavy atom. The average Bonchev–Trinajstić information content (AvgIpc) is 2.45. The molecular formula is C13H13ClFNO4. The van der Waals surface area contributed by atoms with Crippen LogP contribution < -0.4 is 5.32 Å². The summed E-state index contributed by atoms with van der Waals surface area (Å²) in [6, 6.07) is 2.83. The Morgan fingerprint density at radius 3 is 2.80 bits per heavy atom. The van der Waals surface area contributed by atoms with E-state index in [1.165, 1.54) is 24.3 Å². The Morgan fingerprint density at radius 2 is 2.25 bits per heavy atom. The highest BCUT2D eigenvalue weighted by atomic mass is 35.5. The van der Waals surface area contributed by atoms with Gasteiger partial charge in [-0.15, -0.1) is 0 Å². The fourth-order valence-corrected chi connectivity index (χ4v) is 1.52. The minimum absolute atomic E-state index is 0.0599. The van der Waals surface area contributed by atoms with Gasteiger partial charge in [0.2, 0.25) is 5.91 Å². The molecule has 1 amide bonds. The third-order valence-electron chi connectivity index (χ3n) is 2.36. The lowest BCUT2D eigenvalue weighted by Gasteiger charge is -2.11. The summed E-state index contributed by atoms with van der Waals surface area (Å²) in [6.07, 6.45) is 2.53. The molecule has 0 saturated carbocycles. The van der Waals surface area contributed by atoms with Crippen molar-refractivity contribution in [2.75, 3.05) is 13.7 Å². The van der Waals surface area contributed by atoms with Gasteiger partial charge in [0.1, 0.15) is 5.82 Å². The van der Waals surface area contributed by atoms with Crippen LogP contribution in [-0.4, -0.2) is 36.7 Å². The molecule has 1 rings (SSSR count). The van der Waals surface area contributed by atoms with Gasteiger partial charge in [0.25, 0.3) is 0 Å². The summed E-state index contributed by atoms with van der Waals surface area (Å²) < 4.78 is 17.3. The zero-order chi connectivity index (χ0) is 15.1. The summed E-state index contributed by atoms with van der Waals surface area (Å²) in [6.45, 7) is -0.575. The Bertz CT molecular complexity index is 533. The van der Waals surface area contributed by atoms with Gasteiger partial charge in [0.15, 0.2) is 6.04 Å². The van der Waals surface area contributed by atoms with Crippen LogP contribution in [0.5, 0.6) is 0 Å². The van der Waals surface area contributed by atoms with Crippen molar-refractivity contribution in [3.8, 4) is 0 Å². The Kier molecular flexibility index (Phi) is 6.14. The zero-order valence-corrected chi connectivity index (χ0v) is 11.4. The molecule has 20 heavy (non-hydrogen) atoms. The summed E-state index contributed by atoms with van der Waals surface area (Å²) in [5.41, 5.74) is 0.519. The van der Waals surface area contributed by atoms with E-state index < -0.39 is 30.3 Å². The number of hydrogen-bond donors (Lipinski definition) is 2. The average molecular weight is 302 g/mol. The predicted octanol–water partition coefficient (Wildman–Crippen LogP) is 1.14. The number of aliphatic hydroxyl groups is 1. The summed E-state index contributed by atoms with van der Waals surface area (Å²) in [5.74, 6) is -1.91. The molecule has 0 radical (unpaired) electrons. The number of hydrogen-bond acceptors (Lipinski definition) is 4. The van der Waals surface area contributed by atoms with E-state index in [1.54, 1.807) is 0 Å².